The zero-order valence-electron chi connectivity index (χ0n) is 9.04. The highest BCUT2D eigenvalue weighted by atomic mass is 32.2. The summed E-state index contributed by atoms with van der Waals surface area (Å²) in [6, 6.07) is 8.45. The fraction of sp³-hybridized carbons (Fsp3) is 0.182. The van der Waals surface area contributed by atoms with Gasteiger partial charge in [0, 0.05) is 0 Å². The number of hydrogen-bond donors (Lipinski definition) is 0. The summed E-state index contributed by atoms with van der Waals surface area (Å²) in [6.07, 6.45) is 1.44. The first-order valence-electron chi connectivity index (χ1n) is 4.93. The van der Waals surface area contributed by atoms with E-state index in [1.165, 1.54) is 28.7 Å². The topological polar surface area (TPSA) is 54.5 Å². The summed E-state index contributed by atoms with van der Waals surface area (Å²) < 4.78 is 15.1. The van der Waals surface area contributed by atoms with Gasteiger partial charge in [-0.3, -0.25) is 4.57 Å². The fourth-order valence-electron chi connectivity index (χ4n) is 1.30. The third-order valence-corrected chi connectivity index (χ3v) is 3.04. The highest BCUT2D eigenvalue weighted by Gasteiger charge is 2.13. The second-order valence-electron chi connectivity index (χ2n) is 3.32. The van der Waals surface area contributed by atoms with Gasteiger partial charge in [0.05, 0.1) is 17.0 Å². The lowest BCUT2D eigenvalue weighted by Gasteiger charge is -2.07. The number of nitrogens with zero attached hydrogens (tertiary/aromatic N) is 4. The maximum Gasteiger partial charge on any atom is 0.196 e. The van der Waals surface area contributed by atoms with Crippen LogP contribution in [0.1, 0.15) is 6.92 Å². The summed E-state index contributed by atoms with van der Waals surface area (Å²) in [5.74, 6) is -0.348. The number of hydrogen-bond acceptors (Lipinski definition) is 4. The molecule has 4 nitrogen and oxygen atoms in total. The van der Waals surface area contributed by atoms with Gasteiger partial charge < -0.3 is 0 Å². The first-order valence-corrected chi connectivity index (χ1v) is 5.81. The van der Waals surface area contributed by atoms with Crippen LogP contribution in [0.15, 0.2) is 35.7 Å². The van der Waals surface area contributed by atoms with Gasteiger partial charge in [-0.15, -0.1) is 10.2 Å². The van der Waals surface area contributed by atoms with E-state index in [0.717, 1.165) is 0 Å². The lowest BCUT2D eigenvalue weighted by molar-refractivity contribution is 0.613. The molecule has 0 saturated heterocycles. The van der Waals surface area contributed by atoms with Gasteiger partial charge in [0.1, 0.15) is 12.1 Å². The molecule has 1 aromatic heterocycles. The largest absolute Gasteiger partial charge is 0.274 e. The summed E-state index contributed by atoms with van der Waals surface area (Å²) in [6.45, 7) is 1.75. The van der Waals surface area contributed by atoms with Crippen molar-refractivity contribution in [1.82, 2.24) is 14.8 Å². The van der Waals surface area contributed by atoms with Crippen LogP contribution in [0.3, 0.4) is 0 Å². The van der Waals surface area contributed by atoms with Crippen molar-refractivity contribution >= 4 is 11.8 Å². The van der Waals surface area contributed by atoms with E-state index in [4.69, 9.17) is 5.26 Å². The number of thioether (sulfide) groups is 1. The molecule has 1 atom stereocenters. The molecule has 0 unspecified atom stereocenters. The maximum absolute atomic E-state index is 13.6. The molecular weight excluding hydrogens is 239 g/mol. The molecule has 0 aliphatic carbocycles. The Morgan fingerprint density at radius 2 is 2.24 bits per heavy atom. The van der Waals surface area contributed by atoms with Crippen molar-refractivity contribution in [2.24, 2.45) is 0 Å². The minimum absolute atomic E-state index is 0.260. The van der Waals surface area contributed by atoms with E-state index in [0.29, 0.717) is 10.8 Å². The van der Waals surface area contributed by atoms with E-state index in [2.05, 4.69) is 16.3 Å². The van der Waals surface area contributed by atoms with Crippen molar-refractivity contribution in [3.8, 4) is 11.8 Å². The second-order valence-corrected chi connectivity index (χ2v) is 4.63. The van der Waals surface area contributed by atoms with Gasteiger partial charge in [0.2, 0.25) is 0 Å². The Hall–Kier alpha value is -1.87. The van der Waals surface area contributed by atoms with Crippen LogP contribution in [0.5, 0.6) is 0 Å². The first kappa shape index (κ1) is 11.6. The highest BCUT2D eigenvalue weighted by Crippen LogP contribution is 2.24. The van der Waals surface area contributed by atoms with Crippen LogP contribution in [0.2, 0.25) is 0 Å². The lowest BCUT2D eigenvalue weighted by Crippen LogP contribution is -2.00. The number of rotatable bonds is 3. The molecule has 0 N–H and O–H groups in total. The first-order chi connectivity index (χ1) is 8.22. The average Bonchev–Trinajstić information content (AvgIpc) is 2.77. The maximum atomic E-state index is 13.6. The van der Waals surface area contributed by atoms with Crippen molar-refractivity contribution < 1.29 is 4.39 Å². The van der Waals surface area contributed by atoms with Gasteiger partial charge >= 0.3 is 0 Å². The summed E-state index contributed by atoms with van der Waals surface area (Å²) in [4.78, 5) is 0. The molecule has 6 heteroatoms. The molecule has 2 aromatic rings. The third-order valence-electron chi connectivity index (χ3n) is 2.09. The number of nitriles is 1. The minimum Gasteiger partial charge on any atom is -0.274 e. The molecule has 2 rings (SSSR count). The van der Waals surface area contributed by atoms with E-state index in [1.54, 1.807) is 25.1 Å². The van der Waals surface area contributed by atoms with E-state index in [9.17, 15) is 4.39 Å². The van der Waals surface area contributed by atoms with Gasteiger partial charge in [-0.25, -0.2) is 4.39 Å². The SMILES string of the molecule is C[C@H](C#N)Sc1nncn1-c1ccccc1F. The van der Waals surface area contributed by atoms with Gasteiger partial charge in [0.15, 0.2) is 5.16 Å². The number of aromatic nitrogens is 3. The number of para-hydroxylation sites is 1. The Morgan fingerprint density at radius 3 is 2.94 bits per heavy atom. The molecule has 1 heterocycles. The Bertz CT molecular complexity index is 561. The molecule has 0 bridgehead atoms. The molecule has 17 heavy (non-hydrogen) atoms. The highest BCUT2D eigenvalue weighted by molar-refractivity contribution is 8.00. The Balaban J connectivity index is 2.38. The van der Waals surface area contributed by atoms with E-state index in [1.807, 2.05) is 0 Å². The average molecular weight is 248 g/mol. The van der Waals surface area contributed by atoms with E-state index >= 15 is 0 Å². The van der Waals surface area contributed by atoms with Gasteiger partial charge in [-0.1, -0.05) is 23.9 Å². The summed E-state index contributed by atoms with van der Waals surface area (Å²) in [5.41, 5.74) is 0.380. The smallest absolute Gasteiger partial charge is 0.196 e. The van der Waals surface area contributed by atoms with Gasteiger partial charge in [0.25, 0.3) is 0 Å². The Morgan fingerprint density at radius 1 is 1.47 bits per heavy atom. The normalized spacial score (nSPS) is 12.1. The molecule has 1 aromatic carbocycles. The molecule has 0 amide bonds. The van der Waals surface area contributed by atoms with Crippen molar-refractivity contribution in [3.63, 3.8) is 0 Å². The van der Waals surface area contributed by atoms with Crippen LogP contribution in [0, 0.1) is 17.1 Å². The standard InChI is InChI=1S/C11H9FN4S/c1-8(6-13)17-11-15-14-7-16(11)10-5-3-2-4-9(10)12/h2-5,7-8H,1H3/t8-/m1/s1. The zero-order valence-corrected chi connectivity index (χ0v) is 9.86. The van der Waals surface area contributed by atoms with Crippen molar-refractivity contribution in [1.29, 1.82) is 5.26 Å². The number of halogens is 1. The molecule has 0 fully saturated rings. The Kier molecular flexibility index (Phi) is 3.40. The van der Waals surface area contributed by atoms with Crippen molar-refractivity contribution in [2.45, 2.75) is 17.3 Å². The van der Waals surface area contributed by atoms with Crippen LogP contribution in [0.25, 0.3) is 5.69 Å². The quantitative estimate of drug-likeness (QED) is 0.783. The molecule has 0 aliphatic rings. The van der Waals surface area contributed by atoms with Crippen molar-refractivity contribution in [2.75, 3.05) is 0 Å². The lowest BCUT2D eigenvalue weighted by atomic mass is 10.3. The van der Waals surface area contributed by atoms with E-state index < -0.39 is 0 Å². The molecule has 86 valence electrons. The molecule has 0 radical (unpaired) electrons. The van der Waals surface area contributed by atoms with Crippen LogP contribution in [-0.4, -0.2) is 20.0 Å². The molecule has 0 saturated carbocycles. The fourth-order valence-corrected chi connectivity index (χ4v) is 2.02. The second kappa shape index (κ2) is 4.97. The summed E-state index contributed by atoms with van der Waals surface area (Å²) in [7, 11) is 0. The molecule has 0 aliphatic heterocycles. The minimum atomic E-state index is -0.348. The Labute approximate surface area is 102 Å². The van der Waals surface area contributed by atoms with Crippen LogP contribution < -0.4 is 0 Å². The van der Waals surface area contributed by atoms with Crippen LogP contribution >= 0.6 is 11.8 Å². The van der Waals surface area contributed by atoms with Crippen molar-refractivity contribution in [3.05, 3.63) is 36.4 Å². The predicted octanol–water partition coefficient (Wildman–Crippen LogP) is 2.41. The molecule has 0 spiro atoms. The third kappa shape index (κ3) is 2.45. The van der Waals surface area contributed by atoms with Crippen LogP contribution in [0.4, 0.5) is 4.39 Å². The summed E-state index contributed by atoms with van der Waals surface area (Å²) in [5, 5.41) is 16.6. The number of benzene rings is 1. The zero-order chi connectivity index (χ0) is 12.3. The van der Waals surface area contributed by atoms with Crippen LogP contribution in [-0.2, 0) is 0 Å². The van der Waals surface area contributed by atoms with Gasteiger partial charge in [-0.05, 0) is 19.1 Å². The monoisotopic (exact) mass is 248 g/mol. The van der Waals surface area contributed by atoms with E-state index in [-0.39, 0.29) is 11.1 Å². The summed E-state index contributed by atoms with van der Waals surface area (Å²) >= 11 is 1.24. The predicted molar refractivity (Wildman–Crippen MR) is 62.2 cm³/mol. The van der Waals surface area contributed by atoms with Gasteiger partial charge in [-0.2, -0.15) is 5.26 Å². The molecular formula is C11H9FN4S.